The van der Waals surface area contributed by atoms with Gasteiger partial charge < -0.3 is 9.67 Å². The van der Waals surface area contributed by atoms with Gasteiger partial charge in [0.05, 0.1) is 0 Å². The van der Waals surface area contributed by atoms with Gasteiger partial charge in [-0.3, -0.25) is 4.79 Å². The van der Waals surface area contributed by atoms with Crippen molar-refractivity contribution in [1.29, 1.82) is 0 Å². The van der Waals surface area contributed by atoms with E-state index in [-0.39, 0.29) is 6.42 Å². The molecule has 0 saturated heterocycles. The van der Waals surface area contributed by atoms with E-state index in [1.165, 1.54) is 36.6 Å². The predicted octanol–water partition coefficient (Wildman–Crippen LogP) is 3.77. The highest BCUT2D eigenvalue weighted by Gasteiger charge is 2.17. The fourth-order valence-electron chi connectivity index (χ4n) is 3.12. The first-order chi connectivity index (χ1) is 9.24. The van der Waals surface area contributed by atoms with Gasteiger partial charge in [0.1, 0.15) is 0 Å². The first kappa shape index (κ1) is 12.3. The third-order valence-electron chi connectivity index (χ3n) is 4.13. The minimum absolute atomic E-state index is 0.203. The van der Waals surface area contributed by atoms with Gasteiger partial charge in [-0.15, -0.1) is 0 Å². The van der Waals surface area contributed by atoms with E-state index in [9.17, 15) is 4.79 Å². The molecule has 3 rings (SSSR count). The third kappa shape index (κ3) is 2.50. The fraction of sp³-hybridized carbons (Fsp3) is 0.438. The highest BCUT2D eigenvalue weighted by molar-refractivity contribution is 5.81. The Morgan fingerprint density at radius 2 is 2.05 bits per heavy atom. The van der Waals surface area contributed by atoms with Crippen LogP contribution in [0.3, 0.4) is 0 Å². The lowest BCUT2D eigenvalue weighted by Gasteiger charge is -2.13. The number of carbonyl (C=O) groups is 1. The van der Waals surface area contributed by atoms with Gasteiger partial charge in [0.15, 0.2) is 0 Å². The van der Waals surface area contributed by atoms with E-state index in [0.717, 1.165) is 5.56 Å². The number of aromatic nitrogens is 1. The number of carboxylic acid groups (broad SMARTS) is 1. The number of hydrogen-bond donors (Lipinski definition) is 1. The Bertz CT molecular complexity index is 594. The Morgan fingerprint density at radius 1 is 1.26 bits per heavy atom. The lowest BCUT2D eigenvalue weighted by Crippen LogP contribution is -2.02. The Morgan fingerprint density at radius 3 is 2.79 bits per heavy atom. The van der Waals surface area contributed by atoms with E-state index in [1.54, 1.807) is 0 Å². The molecule has 19 heavy (non-hydrogen) atoms. The van der Waals surface area contributed by atoms with Crippen molar-refractivity contribution in [2.45, 2.75) is 44.6 Å². The summed E-state index contributed by atoms with van der Waals surface area (Å²) in [5, 5.41) is 9.96. The molecule has 100 valence electrons. The molecule has 1 N–H and O–H groups in total. The second-order valence-corrected chi connectivity index (χ2v) is 5.45. The first-order valence-electron chi connectivity index (χ1n) is 7.05. The molecule has 1 aliphatic rings. The Labute approximate surface area is 112 Å². The molecule has 3 heteroatoms. The van der Waals surface area contributed by atoms with Crippen LogP contribution in [0.5, 0.6) is 0 Å². The average Bonchev–Trinajstić information content (AvgIpc) is 3.04. The average molecular weight is 257 g/mol. The molecule has 0 unspecified atom stereocenters. The van der Waals surface area contributed by atoms with Crippen LogP contribution in [0.25, 0.3) is 10.9 Å². The number of aliphatic carboxylic acids is 1. The van der Waals surface area contributed by atoms with Crippen LogP contribution in [0.15, 0.2) is 30.5 Å². The number of rotatable bonds is 4. The van der Waals surface area contributed by atoms with E-state index < -0.39 is 5.97 Å². The molecule has 1 fully saturated rings. The van der Waals surface area contributed by atoms with Crippen LogP contribution in [0.1, 0.15) is 43.7 Å². The zero-order valence-electron chi connectivity index (χ0n) is 11.0. The fourth-order valence-corrected chi connectivity index (χ4v) is 3.12. The third-order valence-corrected chi connectivity index (χ3v) is 4.13. The minimum Gasteiger partial charge on any atom is -0.481 e. The maximum Gasteiger partial charge on any atom is 0.303 e. The van der Waals surface area contributed by atoms with Gasteiger partial charge >= 0.3 is 5.97 Å². The van der Waals surface area contributed by atoms with Gasteiger partial charge in [0.2, 0.25) is 0 Å². The standard InChI is InChI=1S/C16H19NO2/c18-16(19)8-6-12-5-7-15-13(11-12)9-10-17(15)14-3-1-2-4-14/h5,7,9-11,14H,1-4,6,8H2,(H,18,19). The summed E-state index contributed by atoms with van der Waals surface area (Å²) in [6.45, 7) is 0. The Balaban J connectivity index is 1.86. The molecule has 0 radical (unpaired) electrons. The molecule has 1 aromatic heterocycles. The van der Waals surface area contributed by atoms with Crippen molar-refractivity contribution in [3.05, 3.63) is 36.0 Å². The van der Waals surface area contributed by atoms with Crippen molar-refractivity contribution in [1.82, 2.24) is 4.57 Å². The monoisotopic (exact) mass is 257 g/mol. The zero-order valence-corrected chi connectivity index (χ0v) is 11.0. The molecule has 3 nitrogen and oxygen atoms in total. The van der Waals surface area contributed by atoms with E-state index in [2.05, 4.69) is 35.0 Å². The van der Waals surface area contributed by atoms with Gasteiger partial charge in [-0.05, 0) is 48.4 Å². The van der Waals surface area contributed by atoms with E-state index in [1.807, 2.05) is 0 Å². The van der Waals surface area contributed by atoms with Crippen molar-refractivity contribution in [2.24, 2.45) is 0 Å². The van der Waals surface area contributed by atoms with Crippen LogP contribution >= 0.6 is 0 Å². The van der Waals surface area contributed by atoms with Crippen LogP contribution in [0.4, 0.5) is 0 Å². The Hall–Kier alpha value is -1.77. The summed E-state index contributed by atoms with van der Waals surface area (Å²) in [5.41, 5.74) is 2.39. The van der Waals surface area contributed by atoms with E-state index >= 15 is 0 Å². The van der Waals surface area contributed by atoms with Gasteiger partial charge in [0, 0.05) is 24.2 Å². The largest absolute Gasteiger partial charge is 0.481 e. The quantitative estimate of drug-likeness (QED) is 0.905. The molecule has 0 spiro atoms. The molecule has 2 aromatic rings. The number of hydrogen-bond acceptors (Lipinski definition) is 1. The second-order valence-electron chi connectivity index (χ2n) is 5.45. The Kier molecular flexibility index (Phi) is 3.28. The van der Waals surface area contributed by atoms with Crippen LogP contribution in [-0.2, 0) is 11.2 Å². The van der Waals surface area contributed by atoms with Crippen molar-refractivity contribution >= 4 is 16.9 Å². The van der Waals surface area contributed by atoms with Crippen LogP contribution in [0.2, 0.25) is 0 Å². The van der Waals surface area contributed by atoms with Crippen molar-refractivity contribution < 1.29 is 9.90 Å². The highest BCUT2D eigenvalue weighted by Crippen LogP contribution is 2.33. The molecular weight excluding hydrogens is 238 g/mol. The first-order valence-corrected chi connectivity index (χ1v) is 7.05. The smallest absolute Gasteiger partial charge is 0.303 e. The molecule has 0 atom stereocenters. The summed E-state index contributed by atoms with van der Waals surface area (Å²) >= 11 is 0. The molecule has 1 heterocycles. The maximum atomic E-state index is 10.6. The van der Waals surface area contributed by atoms with Crippen LogP contribution in [-0.4, -0.2) is 15.6 Å². The summed E-state index contributed by atoms with van der Waals surface area (Å²) in [5.74, 6) is -0.733. The molecule has 1 saturated carbocycles. The number of fused-ring (bicyclic) bond motifs is 1. The van der Waals surface area contributed by atoms with Crippen molar-refractivity contribution in [3.8, 4) is 0 Å². The van der Waals surface area contributed by atoms with Crippen molar-refractivity contribution in [3.63, 3.8) is 0 Å². The van der Waals surface area contributed by atoms with E-state index in [4.69, 9.17) is 5.11 Å². The summed E-state index contributed by atoms with van der Waals surface area (Å²) in [6.07, 6.45) is 8.23. The number of benzene rings is 1. The lowest BCUT2D eigenvalue weighted by atomic mass is 10.1. The highest BCUT2D eigenvalue weighted by atomic mass is 16.4. The van der Waals surface area contributed by atoms with Gasteiger partial charge in [0.25, 0.3) is 0 Å². The second kappa shape index (κ2) is 5.08. The maximum absolute atomic E-state index is 10.6. The minimum atomic E-state index is -0.733. The zero-order chi connectivity index (χ0) is 13.2. The molecule has 1 aliphatic carbocycles. The van der Waals surface area contributed by atoms with Gasteiger partial charge in [-0.2, -0.15) is 0 Å². The predicted molar refractivity (Wildman–Crippen MR) is 75.4 cm³/mol. The van der Waals surface area contributed by atoms with Gasteiger partial charge in [-0.1, -0.05) is 18.9 Å². The number of nitrogens with zero attached hydrogens (tertiary/aromatic N) is 1. The molecule has 0 aliphatic heterocycles. The SMILES string of the molecule is O=C(O)CCc1ccc2c(ccn2C2CCCC2)c1. The molecule has 1 aromatic carbocycles. The van der Waals surface area contributed by atoms with Crippen LogP contribution in [0, 0.1) is 0 Å². The molecule has 0 amide bonds. The van der Waals surface area contributed by atoms with Gasteiger partial charge in [-0.25, -0.2) is 0 Å². The normalized spacial score (nSPS) is 16.2. The van der Waals surface area contributed by atoms with E-state index in [0.29, 0.717) is 12.5 Å². The molecular formula is C16H19NO2. The van der Waals surface area contributed by atoms with Crippen molar-refractivity contribution in [2.75, 3.05) is 0 Å². The number of aryl methyl sites for hydroxylation is 1. The van der Waals surface area contributed by atoms with Crippen LogP contribution < -0.4 is 0 Å². The molecule has 0 bridgehead atoms. The summed E-state index contributed by atoms with van der Waals surface area (Å²) in [4.78, 5) is 10.6. The number of carboxylic acids is 1. The topological polar surface area (TPSA) is 42.2 Å². The summed E-state index contributed by atoms with van der Waals surface area (Å²) in [7, 11) is 0. The summed E-state index contributed by atoms with van der Waals surface area (Å²) < 4.78 is 2.39. The lowest BCUT2D eigenvalue weighted by molar-refractivity contribution is -0.136. The summed E-state index contributed by atoms with van der Waals surface area (Å²) in [6, 6.07) is 9.14.